The second-order valence-electron chi connectivity index (χ2n) is 5.18. The van der Waals surface area contributed by atoms with Crippen LogP contribution in [0.4, 0.5) is 17.3 Å². The molecule has 0 amide bonds. The average molecular weight is 284 g/mol. The van der Waals surface area contributed by atoms with Crippen molar-refractivity contribution in [1.29, 1.82) is 0 Å². The first-order valence-corrected chi connectivity index (χ1v) is 7.59. The van der Waals surface area contributed by atoms with Crippen LogP contribution in [0.25, 0.3) is 0 Å². The lowest BCUT2D eigenvalue weighted by molar-refractivity contribution is 0.833. The fraction of sp³-hybridized carbons (Fsp3) is 0.412. The lowest BCUT2D eigenvalue weighted by Crippen LogP contribution is -2.09. The number of nitrogens with one attached hydrogen (secondary N) is 2. The number of para-hydroxylation sites is 1. The molecule has 0 atom stereocenters. The lowest BCUT2D eigenvalue weighted by Gasteiger charge is -2.15. The van der Waals surface area contributed by atoms with Crippen LogP contribution >= 0.6 is 0 Å². The summed E-state index contributed by atoms with van der Waals surface area (Å²) in [6, 6.07) is 8.24. The van der Waals surface area contributed by atoms with Crippen molar-refractivity contribution in [3.63, 3.8) is 0 Å². The molecule has 1 aromatic carbocycles. The summed E-state index contributed by atoms with van der Waals surface area (Å²) in [5, 5.41) is 6.77. The molecule has 0 spiro atoms. The minimum Gasteiger partial charge on any atom is -0.370 e. The van der Waals surface area contributed by atoms with Gasteiger partial charge < -0.3 is 10.6 Å². The van der Waals surface area contributed by atoms with E-state index >= 15 is 0 Å². The summed E-state index contributed by atoms with van der Waals surface area (Å²) in [5.41, 5.74) is 3.35. The van der Waals surface area contributed by atoms with E-state index < -0.39 is 0 Å². The zero-order valence-corrected chi connectivity index (χ0v) is 13.3. The van der Waals surface area contributed by atoms with Gasteiger partial charge in [0.1, 0.15) is 17.5 Å². The molecule has 0 aliphatic carbocycles. The third-order valence-corrected chi connectivity index (χ3v) is 3.41. The van der Waals surface area contributed by atoms with E-state index in [1.807, 2.05) is 19.1 Å². The highest BCUT2D eigenvalue weighted by molar-refractivity contribution is 5.66. The third kappa shape index (κ3) is 3.72. The number of hydrogen-bond donors (Lipinski definition) is 2. The predicted octanol–water partition coefficient (Wildman–Crippen LogP) is 4.22. The first-order chi connectivity index (χ1) is 10.2. The Morgan fingerprint density at radius 3 is 2.38 bits per heavy atom. The highest BCUT2D eigenvalue weighted by atomic mass is 15.1. The molecule has 1 aromatic heterocycles. The molecular weight excluding hydrogens is 260 g/mol. The zero-order valence-electron chi connectivity index (χ0n) is 13.3. The zero-order chi connectivity index (χ0) is 15.2. The van der Waals surface area contributed by atoms with E-state index in [1.165, 1.54) is 5.56 Å². The quantitative estimate of drug-likeness (QED) is 0.833. The fourth-order valence-electron chi connectivity index (χ4n) is 2.20. The van der Waals surface area contributed by atoms with Crippen molar-refractivity contribution in [3.8, 4) is 0 Å². The summed E-state index contributed by atoms with van der Waals surface area (Å²) in [5.74, 6) is 2.70. The van der Waals surface area contributed by atoms with E-state index in [2.05, 4.69) is 53.5 Å². The van der Waals surface area contributed by atoms with Gasteiger partial charge in [0.25, 0.3) is 0 Å². The lowest BCUT2D eigenvalue weighted by atomic mass is 10.2. The van der Waals surface area contributed by atoms with Crippen LogP contribution in [0.1, 0.15) is 37.2 Å². The van der Waals surface area contributed by atoms with Gasteiger partial charge in [-0.25, -0.2) is 9.97 Å². The van der Waals surface area contributed by atoms with Gasteiger partial charge in [0, 0.05) is 24.2 Å². The number of aromatic nitrogens is 2. The molecular formula is C17H24N4. The Hall–Kier alpha value is -2.10. The first kappa shape index (κ1) is 15.3. The molecule has 4 nitrogen and oxygen atoms in total. The highest BCUT2D eigenvalue weighted by Gasteiger charge is 2.11. The third-order valence-electron chi connectivity index (χ3n) is 3.41. The van der Waals surface area contributed by atoms with Gasteiger partial charge in [0.05, 0.1) is 0 Å². The Bertz CT molecular complexity index is 608. The molecule has 2 N–H and O–H groups in total. The standard InChI is InChI=1S/C17H24N4/c1-5-9-15-20-16(18-6-2)13(4)17(21-15)19-14-11-8-7-10-12(14)3/h7-8,10-11H,5-6,9H2,1-4H3,(H2,18,19,20,21). The van der Waals surface area contributed by atoms with Crippen LogP contribution in [-0.4, -0.2) is 16.5 Å². The molecule has 21 heavy (non-hydrogen) atoms. The monoisotopic (exact) mass is 284 g/mol. The Morgan fingerprint density at radius 1 is 1.00 bits per heavy atom. The summed E-state index contributed by atoms with van der Waals surface area (Å²) >= 11 is 0. The molecule has 0 aliphatic rings. The Kier molecular flexibility index (Phi) is 5.14. The highest BCUT2D eigenvalue weighted by Crippen LogP contribution is 2.25. The van der Waals surface area contributed by atoms with Gasteiger partial charge >= 0.3 is 0 Å². The van der Waals surface area contributed by atoms with E-state index in [-0.39, 0.29) is 0 Å². The normalized spacial score (nSPS) is 10.5. The number of hydrogen-bond acceptors (Lipinski definition) is 4. The molecule has 1 heterocycles. The maximum Gasteiger partial charge on any atom is 0.139 e. The molecule has 112 valence electrons. The molecule has 0 bridgehead atoms. The topological polar surface area (TPSA) is 49.8 Å². The maximum absolute atomic E-state index is 4.68. The number of aryl methyl sites for hydroxylation is 2. The van der Waals surface area contributed by atoms with Gasteiger partial charge in [-0.15, -0.1) is 0 Å². The van der Waals surface area contributed by atoms with Crippen LogP contribution < -0.4 is 10.6 Å². The van der Waals surface area contributed by atoms with Crippen molar-refractivity contribution in [2.45, 2.75) is 40.5 Å². The van der Waals surface area contributed by atoms with E-state index in [0.29, 0.717) is 0 Å². The number of nitrogens with zero attached hydrogens (tertiary/aromatic N) is 2. The summed E-state index contributed by atoms with van der Waals surface area (Å²) in [4.78, 5) is 9.29. The van der Waals surface area contributed by atoms with E-state index in [0.717, 1.165) is 48.1 Å². The summed E-state index contributed by atoms with van der Waals surface area (Å²) in [6.07, 6.45) is 1.93. The molecule has 2 aromatic rings. The minimum absolute atomic E-state index is 0.854. The Morgan fingerprint density at radius 2 is 1.71 bits per heavy atom. The number of anilines is 3. The number of rotatable bonds is 6. The molecule has 0 saturated heterocycles. The molecule has 0 fully saturated rings. The van der Waals surface area contributed by atoms with E-state index in [4.69, 9.17) is 0 Å². The van der Waals surface area contributed by atoms with Crippen molar-refractivity contribution >= 4 is 17.3 Å². The predicted molar refractivity (Wildman–Crippen MR) is 89.4 cm³/mol. The molecule has 4 heteroatoms. The van der Waals surface area contributed by atoms with Crippen LogP contribution in [0.2, 0.25) is 0 Å². The molecule has 0 saturated carbocycles. The summed E-state index contributed by atoms with van der Waals surface area (Å²) in [6.45, 7) is 9.22. The van der Waals surface area contributed by atoms with Gasteiger partial charge in [-0.1, -0.05) is 25.1 Å². The Balaban J connectivity index is 2.39. The SMILES string of the molecule is CCCc1nc(NCC)c(C)c(Nc2ccccc2C)n1. The van der Waals surface area contributed by atoms with Crippen molar-refractivity contribution in [2.75, 3.05) is 17.2 Å². The van der Waals surface area contributed by atoms with Crippen LogP contribution in [0.5, 0.6) is 0 Å². The Labute approximate surface area is 127 Å². The first-order valence-electron chi connectivity index (χ1n) is 7.59. The van der Waals surface area contributed by atoms with Crippen LogP contribution in [0.15, 0.2) is 24.3 Å². The van der Waals surface area contributed by atoms with Gasteiger partial charge in [-0.3, -0.25) is 0 Å². The largest absolute Gasteiger partial charge is 0.370 e. The molecule has 2 rings (SSSR count). The molecule has 0 aliphatic heterocycles. The van der Waals surface area contributed by atoms with Gasteiger partial charge in [0.15, 0.2) is 0 Å². The van der Waals surface area contributed by atoms with Gasteiger partial charge in [-0.2, -0.15) is 0 Å². The van der Waals surface area contributed by atoms with E-state index in [1.54, 1.807) is 0 Å². The summed E-state index contributed by atoms with van der Waals surface area (Å²) in [7, 11) is 0. The van der Waals surface area contributed by atoms with Gasteiger partial charge in [0.2, 0.25) is 0 Å². The van der Waals surface area contributed by atoms with Crippen LogP contribution in [-0.2, 0) is 6.42 Å². The van der Waals surface area contributed by atoms with E-state index in [9.17, 15) is 0 Å². The minimum atomic E-state index is 0.854. The second-order valence-corrected chi connectivity index (χ2v) is 5.18. The van der Waals surface area contributed by atoms with Crippen LogP contribution in [0, 0.1) is 13.8 Å². The van der Waals surface area contributed by atoms with Crippen molar-refractivity contribution in [2.24, 2.45) is 0 Å². The van der Waals surface area contributed by atoms with Crippen molar-refractivity contribution in [3.05, 3.63) is 41.2 Å². The second kappa shape index (κ2) is 7.07. The average Bonchev–Trinajstić information content (AvgIpc) is 2.46. The maximum atomic E-state index is 4.68. The fourth-order valence-corrected chi connectivity index (χ4v) is 2.20. The smallest absolute Gasteiger partial charge is 0.139 e. The van der Waals surface area contributed by atoms with Crippen molar-refractivity contribution in [1.82, 2.24) is 9.97 Å². The summed E-state index contributed by atoms with van der Waals surface area (Å²) < 4.78 is 0. The van der Waals surface area contributed by atoms with Gasteiger partial charge in [-0.05, 0) is 38.8 Å². The number of benzene rings is 1. The van der Waals surface area contributed by atoms with Crippen molar-refractivity contribution < 1.29 is 0 Å². The molecule has 0 radical (unpaired) electrons. The molecule has 0 unspecified atom stereocenters. The van der Waals surface area contributed by atoms with Crippen LogP contribution in [0.3, 0.4) is 0 Å².